The average molecular weight is 415 g/mol. The smallest absolute Gasteiger partial charge is 0.244 e. The summed E-state index contributed by atoms with van der Waals surface area (Å²) in [6.07, 6.45) is 2.58. The first-order chi connectivity index (χ1) is 14.4. The quantitative estimate of drug-likeness (QED) is 0.644. The monoisotopic (exact) mass is 415 g/mol. The van der Waals surface area contributed by atoms with Crippen molar-refractivity contribution in [2.45, 2.75) is 33.1 Å². The molecule has 1 aliphatic rings. The fourth-order valence-corrected chi connectivity index (χ4v) is 3.42. The summed E-state index contributed by atoms with van der Waals surface area (Å²) in [5.41, 5.74) is 0.973. The number of hydrogen-bond acceptors (Lipinski definition) is 6. The van der Waals surface area contributed by atoms with Crippen LogP contribution in [-0.2, 0) is 27.5 Å². The summed E-state index contributed by atoms with van der Waals surface area (Å²) < 4.78 is 12.9. The van der Waals surface area contributed by atoms with E-state index in [4.69, 9.17) is 9.47 Å². The van der Waals surface area contributed by atoms with Gasteiger partial charge in [0.05, 0.1) is 26.4 Å². The molecular weight excluding hydrogens is 386 g/mol. The van der Waals surface area contributed by atoms with E-state index >= 15 is 0 Å². The van der Waals surface area contributed by atoms with Crippen LogP contribution in [0.3, 0.4) is 0 Å². The lowest BCUT2D eigenvalue weighted by atomic mass is 10.2. The number of amides is 2. The maximum atomic E-state index is 12.8. The van der Waals surface area contributed by atoms with Gasteiger partial charge in [0.25, 0.3) is 0 Å². The number of carbonyl (C=O) groups is 2. The van der Waals surface area contributed by atoms with Gasteiger partial charge in [-0.1, -0.05) is 26.0 Å². The molecule has 0 saturated carbocycles. The Labute approximate surface area is 176 Å². The number of methoxy groups -OCH3 is 1. The summed E-state index contributed by atoms with van der Waals surface area (Å²) >= 11 is 0. The number of benzene rings is 1. The summed E-state index contributed by atoms with van der Waals surface area (Å²) in [7, 11) is 1.62. The van der Waals surface area contributed by atoms with Gasteiger partial charge in [0.2, 0.25) is 11.8 Å². The van der Waals surface area contributed by atoms with Gasteiger partial charge < -0.3 is 19.3 Å². The van der Waals surface area contributed by atoms with Crippen molar-refractivity contribution in [2.75, 3.05) is 33.3 Å². The van der Waals surface area contributed by atoms with E-state index in [1.54, 1.807) is 16.9 Å². The number of ether oxygens (including phenoxy) is 2. The molecule has 9 heteroatoms. The lowest BCUT2D eigenvalue weighted by molar-refractivity contribution is -0.139. The molecule has 2 aromatic rings. The van der Waals surface area contributed by atoms with Crippen molar-refractivity contribution in [2.24, 2.45) is 5.92 Å². The Bertz CT molecular complexity index is 840. The van der Waals surface area contributed by atoms with Crippen LogP contribution in [0.15, 0.2) is 36.9 Å². The molecule has 1 unspecified atom stereocenters. The molecular formula is C21H29N5O4. The molecule has 1 aromatic carbocycles. The highest BCUT2D eigenvalue weighted by atomic mass is 16.5. The summed E-state index contributed by atoms with van der Waals surface area (Å²) in [6, 6.07) is 7.67. The van der Waals surface area contributed by atoms with Crippen LogP contribution in [0.25, 0.3) is 0 Å². The first-order valence-electron chi connectivity index (χ1n) is 10.1. The maximum absolute atomic E-state index is 12.8. The summed E-state index contributed by atoms with van der Waals surface area (Å²) in [6.45, 7) is 6.01. The van der Waals surface area contributed by atoms with E-state index in [2.05, 4.69) is 23.9 Å². The van der Waals surface area contributed by atoms with E-state index < -0.39 is 0 Å². The minimum atomic E-state index is -0.291. The molecule has 162 valence electrons. The van der Waals surface area contributed by atoms with Crippen LogP contribution in [0.2, 0.25) is 0 Å². The van der Waals surface area contributed by atoms with Crippen molar-refractivity contribution in [1.82, 2.24) is 24.6 Å². The van der Waals surface area contributed by atoms with E-state index in [0.717, 1.165) is 11.3 Å². The van der Waals surface area contributed by atoms with Gasteiger partial charge in [-0.05, 0) is 23.6 Å². The first kappa shape index (κ1) is 21.8. The number of nitrogens with zero attached hydrogens (tertiary/aromatic N) is 5. The van der Waals surface area contributed by atoms with E-state index in [1.807, 2.05) is 24.3 Å². The Morgan fingerprint density at radius 1 is 1.30 bits per heavy atom. The van der Waals surface area contributed by atoms with Crippen molar-refractivity contribution in [3.63, 3.8) is 0 Å². The van der Waals surface area contributed by atoms with Crippen LogP contribution >= 0.6 is 0 Å². The second-order valence-electron chi connectivity index (χ2n) is 7.84. The predicted molar refractivity (Wildman–Crippen MR) is 110 cm³/mol. The van der Waals surface area contributed by atoms with E-state index in [0.29, 0.717) is 32.2 Å². The molecule has 0 N–H and O–H groups in total. The Morgan fingerprint density at radius 3 is 2.83 bits per heavy atom. The highest BCUT2D eigenvalue weighted by Gasteiger charge is 2.31. The number of rotatable bonds is 8. The molecule has 1 fully saturated rings. The van der Waals surface area contributed by atoms with Gasteiger partial charge in [0, 0.05) is 19.6 Å². The van der Waals surface area contributed by atoms with Crippen LogP contribution in [0.1, 0.15) is 19.4 Å². The zero-order chi connectivity index (χ0) is 21.5. The highest BCUT2D eigenvalue weighted by Crippen LogP contribution is 2.16. The molecule has 1 atom stereocenters. The van der Waals surface area contributed by atoms with Gasteiger partial charge in [0.15, 0.2) is 0 Å². The number of carbonyl (C=O) groups excluding carboxylic acids is 2. The lowest BCUT2D eigenvalue weighted by Crippen LogP contribution is -2.41. The summed E-state index contributed by atoms with van der Waals surface area (Å²) in [5, 5.41) is 3.98. The van der Waals surface area contributed by atoms with Crippen molar-refractivity contribution in [1.29, 1.82) is 0 Å². The topological polar surface area (TPSA) is 89.8 Å². The SMILES string of the molecule is COc1cccc(COC2CN(C(=O)Cn3cncn3)CC(=O)N(CC(C)C)C2)c1. The second-order valence-corrected chi connectivity index (χ2v) is 7.84. The number of aromatic nitrogens is 3. The van der Waals surface area contributed by atoms with Crippen LogP contribution in [0, 0.1) is 5.92 Å². The molecule has 2 amide bonds. The predicted octanol–water partition coefficient (Wildman–Crippen LogP) is 1.20. The van der Waals surface area contributed by atoms with Gasteiger partial charge in [-0.3, -0.25) is 9.59 Å². The molecule has 0 aliphatic carbocycles. The Morgan fingerprint density at radius 2 is 2.13 bits per heavy atom. The fourth-order valence-electron chi connectivity index (χ4n) is 3.42. The Kier molecular flexibility index (Phi) is 7.40. The van der Waals surface area contributed by atoms with Crippen molar-refractivity contribution in [3.05, 3.63) is 42.5 Å². The molecule has 1 aliphatic heterocycles. The molecule has 1 aromatic heterocycles. The summed E-state index contributed by atoms with van der Waals surface area (Å²) in [4.78, 5) is 32.8. The van der Waals surface area contributed by atoms with Crippen molar-refractivity contribution >= 4 is 11.8 Å². The maximum Gasteiger partial charge on any atom is 0.244 e. The van der Waals surface area contributed by atoms with Crippen LogP contribution in [0.5, 0.6) is 5.75 Å². The van der Waals surface area contributed by atoms with E-state index in [9.17, 15) is 9.59 Å². The fraction of sp³-hybridized carbons (Fsp3) is 0.524. The Hall–Kier alpha value is -2.94. The second kappa shape index (κ2) is 10.2. The first-order valence-corrected chi connectivity index (χ1v) is 10.1. The molecule has 0 bridgehead atoms. The Balaban J connectivity index is 1.70. The van der Waals surface area contributed by atoms with E-state index in [-0.39, 0.29) is 31.0 Å². The van der Waals surface area contributed by atoms with Gasteiger partial charge in [-0.25, -0.2) is 9.67 Å². The standard InChI is InChI=1S/C21H29N5O4/c1-16(2)8-24-9-19(30-13-17-5-4-6-18(7-17)29-3)10-25(11-20(24)27)21(28)12-26-15-22-14-23-26/h4-7,14-16,19H,8-13H2,1-3H3. The molecule has 0 radical (unpaired) electrons. The van der Waals surface area contributed by atoms with Crippen molar-refractivity contribution in [3.8, 4) is 5.75 Å². The molecule has 9 nitrogen and oxygen atoms in total. The average Bonchev–Trinajstić information content (AvgIpc) is 3.17. The van der Waals surface area contributed by atoms with E-state index in [1.165, 1.54) is 17.3 Å². The van der Waals surface area contributed by atoms with Gasteiger partial charge >= 0.3 is 0 Å². The van der Waals surface area contributed by atoms with Crippen molar-refractivity contribution < 1.29 is 19.1 Å². The highest BCUT2D eigenvalue weighted by molar-refractivity contribution is 5.85. The largest absolute Gasteiger partial charge is 0.497 e. The molecule has 30 heavy (non-hydrogen) atoms. The zero-order valence-corrected chi connectivity index (χ0v) is 17.7. The van der Waals surface area contributed by atoms with Gasteiger partial charge in [0.1, 0.15) is 24.9 Å². The van der Waals surface area contributed by atoms with Crippen LogP contribution in [0.4, 0.5) is 0 Å². The molecule has 0 spiro atoms. The number of hydrogen-bond donors (Lipinski definition) is 0. The zero-order valence-electron chi connectivity index (χ0n) is 17.7. The third-order valence-corrected chi connectivity index (χ3v) is 4.85. The lowest BCUT2D eigenvalue weighted by Gasteiger charge is -2.26. The molecule has 1 saturated heterocycles. The summed E-state index contributed by atoms with van der Waals surface area (Å²) in [5.74, 6) is 0.835. The molecule has 2 heterocycles. The third-order valence-electron chi connectivity index (χ3n) is 4.85. The third kappa shape index (κ3) is 6.03. The normalized spacial score (nSPS) is 17.3. The van der Waals surface area contributed by atoms with Gasteiger partial charge in [-0.15, -0.1) is 0 Å². The minimum absolute atomic E-state index is 0.0409. The van der Waals surface area contributed by atoms with Crippen LogP contribution < -0.4 is 4.74 Å². The van der Waals surface area contributed by atoms with Gasteiger partial charge in [-0.2, -0.15) is 5.10 Å². The minimum Gasteiger partial charge on any atom is -0.497 e. The molecule has 3 rings (SSSR count). The van der Waals surface area contributed by atoms with Crippen LogP contribution in [-0.4, -0.2) is 75.8 Å².